The molecule has 0 bridgehead atoms. The molecule has 1 aromatic carbocycles. The number of carbonyl (C=O) groups excluding carboxylic acids is 2. The minimum Gasteiger partial charge on any atom is -0.478 e. The van der Waals surface area contributed by atoms with Gasteiger partial charge in [0.2, 0.25) is 0 Å². The maximum atomic E-state index is 12.3. The summed E-state index contributed by atoms with van der Waals surface area (Å²) in [6.45, 7) is 1.66. The molecule has 21 heavy (non-hydrogen) atoms. The van der Waals surface area contributed by atoms with Gasteiger partial charge in [0.25, 0.3) is 11.8 Å². The van der Waals surface area contributed by atoms with Crippen LogP contribution in [0.2, 0.25) is 0 Å². The van der Waals surface area contributed by atoms with E-state index < -0.39 is 17.8 Å². The number of benzene rings is 1. The van der Waals surface area contributed by atoms with Gasteiger partial charge in [0.15, 0.2) is 0 Å². The van der Waals surface area contributed by atoms with Crippen molar-refractivity contribution in [2.45, 2.75) is 6.92 Å². The highest BCUT2D eigenvalue weighted by atomic mass is 16.4. The van der Waals surface area contributed by atoms with Gasteiger partial charge in [-0.2, -0.15) is 0 Å². The number of fused-ring (bicyclic) bond motifs is 1. The van der Waals surface area contributed by atoms with Crippen LogP contribution in [0.4, 0.5) is 5.69 Å². The molecule has 3 rings (SSSR count). The van der Waals surface area contributed by atoms with E-state index in [1.165, 1.54) is 36.7 Å². The third-order valence-corrected chi connectivity index (χ3v) is 3.37. The number of carboxylic acids is 1. The standard InChI is InChI=1S/C15H10N2O4/c1-8-6-9(15(20)21)2-3-12(8)17-13(18)10-4-5-16-7-11(10)14(17)19/h2-7H,1H3,(H,20,21). The molecule has 1 aliphatic heterocycles. The molecule has 2 heterocycles. The molecular weight excluding hydrogens is 272 g/mol. The van der Waals surface area contributed by atoms with Crippen LogP contribution in [0, 0.1) is 6.92 Å². The highest BCUT2D eigenvalue weighted by molar-refractivity contribution is 6.34. The summed E-state index contributed by atoms with van der Waals surface area (Å²) in [4.78, 5) is 40.5. The molecule has 2 aromatic rings. The van der Waals surface area contributed by atoms with Crippen LogP contribution >= 0.6 is 0 Å². The largest absolute Gasteiger partial charge is 0.478 e. The van der Waals surface area contributed by atoms with Crippen molar-refractivity contribution < 1.29 is 19.5 Å². The summed E-state index contributed by atoms with van der Waals surface area (Å²) >= 11 is 0. The van der Waals surface area contributed by atoms with Crippen LogP contribution in [0.1, 0.15) is 36.6 Å². The average Bonchev–Trinajstić information content (AvgIpc) is 2.72. The number of hydrogen-bond acceptors (Lipinski definition) is 4. The molecule has 0 radical (unpaired) electrons. The third kappa shape index (κ3) is 1.88. The smallest absolute Gasteiger partial charge is 0.335 e. The lowest BCUT2D eigenvalue weighted by molar-refractivity contribution is 0.0696. The van der Waals surface area contributed by atoms with E-state index in [1.807, 2.05) is 0 Å². The van der Waals surface area contributed by atoms with Crippen molar-refractivity contribution in [2.24, 2.45) is 0 Å². The van der Waals surface area contributed by atoms with E-state index in [-0.39, 0.29) is 11.1 Å². The second-order valence-corrected chi connectivity index (χ2v) is 4.67. The van der Waals surface area contributed by atoms with Crippen molar-refractivity contribution in [3.63, 3.8) is 0 Å². The van der Waals surface area contributed by atoms with E-state index in [0.29, 0.717) is 16.8 Å². The quantitative estimate of drug-likeness (QED) is 0.850. The van der Waals surface area contributed by atoms with Crippen LogP contribution in [0.15, 0.2) is 36.7 Å². The summed E-state index contributed by atoms with van der Waals surface area (Å²) in [7, 11) is 0. The number of rotatable bonds is 2. The van der Waals surface area contributed by atoms with Crippen molar-refractivity contribution in [3.05, 3.63) is 58.9 Å². The first-order chi connectivity index (χ1) is 10.0. The fourth-order valence-electron chi connectivity index (χ4n) is 2.34. The normalized spacial score (nSPS) is 13.5. The molecule has 0 spiro atoms. The molecule has 1 aliphatic rings. The molecule has 6 heteroatoms. The Morgan fingerprint density at radius 2 is 1.86 bits per heavy atom. The molecule has 104 valence electrons. The van der Waals surface area contributed by atoms with Crippen molar-refractivity contribution in [3.8, 4) is 0 Å². The van der Waals surface area contributed by atoms with E-state index in [9.17, 15) is 14.4 Å². The number of imide groups is 1. The van der Waals surface area contributed by atoms with Crippen LogP contribution in [0.3, 0.4) is 0 Å². The second kappa shape index (κ2) is 4.52. The number of pyridine rings is 1. The van der Waals surface area contributed by atoms with Crippen molar-refractivity contribution in [1.29, 1.82) is 0 Å². The molecule has 0 fully saturated rings. The van der Waals surface area contributed by atoms with Gasteiger partial charge in [0, 0.05) is 12.4 Å². The molecule has 0 aliphatic carbocycles. The van der Waals surface area contributed by atoms with Crippen LogP contribution in [-0.4, -0.2) is 27.9 Å². The number of anilines is 1. The van der Waals surface area contributed by atoms with Gasteiger partial charge in [0.1, 0.15) is 0 Å². The van der Waals surface area contributed by atoms with Crippen LogP contribution in [-0.2, 0) is 0 Å². The zero-order valence-electron chi connectivity index (χ0n) is 11.0. The first-order valence-corrected chi connectivity index (χ1v) is 6.17. The number of aryl methyl sites for hydroxylation is 1. The van der Waals surface area contributed by atoms with Crippen molar-refractivity contribution >= 4 is 23.5 Å². The Bertz CT molecular complexity index is 763. The number of aromatic nitrogens is 1. The Kier molecular flexibility index (Phi) is 2.79. The van der Waals surface area contributed by atoms with E-state index >= 15 is 0 Å². The van der Waals surface area contributed by atoms with E-state index in [4.69, 9.17) is 5.11 Å². The van der Waals surface area contributed by atoms with Gasteiger partial charge in [-0.05, 0) is 36.8 Å². The molecule has 0 unspecified atom stereocenters. The summed E-state index contributed by atoms with van der Waals surface area (Å²) in [5.41, 5.74) is 1.58. The first kappa shape index (κ1) is 13.0. The number of nitrogens with zero attached hydrogens (tertiary/aromatic N) is 2. The van der Waals surface area contributed by atoms with E-state index in [0.717, 1.165) is 4.90 Å². The highest BCUT2D eigenvalue weighted by Gasteiger charge is 2.37. The van der Waals surface area contributed by atoms with Crippen molar-refractivity contribution in [2.75, 3.05) is 4.90 Å². The Labute approximate surface area is 119 Å². The van der Waals surface area contributed by atoms with Crippen LogP contribution in [0.5, 0.6) is 0 Å². The number of hydrogen-bond donors (Lipinski definition) is 1. The minimum absolute atomic E-state index is 0.106. The molecule has 1 aromatic heterocycles. The van der Waals surface area contributed by atoms with Crippen LogP contribution in [0.25, 0.3) is 0 Å². The Hall–Kier alpha value is -3.02. The van der Waals surface area contributed by atoms with E-state index in [1.54, 1.807) is 6.92 Å². The summed E-state index contributed by atoms with van der Waals surface area (Å²) in [5, 5.41) is 8.96. The number of amides is 2. The van der Waals surface area contributed by atoms with Gasteiger partial charge in [-0.3, -0.25) is 14.6 Å². The molecule has 2 amide bonds. The lowest BCUT2D eigenvalue weighted by atomic mass is 10.1. The number of carbonyl (C=O) groups is 3. The number of aromatic carboxylic acids is 1. The van der Waals surface area contributed by atoms with Gasteiger partial charge >= 0.3 is 5.97 Å². The monoisotopic (exact) mass is 282 g/mol. The zero-order chi connectivity index (χ0) is 15.1. The van der Waals surface area contributed by atoms with Crippen LogP contribution < -0.4 is 4.90 Å². The lowest BCUT2D eigenvalue weighted by Gasteiger charge is -2.16. The first-order valence-electron chi connectivity index (χ1n) is 6.17. The van der Waals surface area contributed by atoms with E-state index in [2.05, 4.69) is 4.98 Å². The maximum absolute atomic E-state index is 12.3. The maximum Gasteiger partial charge on any atom is 0.335 e. The van der Waals surface area contributed by atoms with Gasteiger partial charge in [-0.1, -0.05) is 0 Å². The molecule has 1 N–H and O–H groups in total. The van der Waals surface area contributed by atoms with Gasteiger partial charge in [-0.25, -0.2) is 9.69 Å². The third-order valence-electron chi connectivity index (χ3n) is 3.37. The Morgan fingerprint density at radius 3 is 2.48 bits per heavy atom. The topological polar surface area (TPSA) is 87.6 Å². The zero-order valence-corrected chi connectivity index (χ0v) is 11.0. The highest BCUT2D eigenvalue weighted by Crippen LogP contribution is 2.30. The molecular formula is C15H10N2O4. The van der Waals surface area contributed by atoms with Crippen molar-refractivity contribution in [1.82, 2.24) is 4.98 Å². The Balaban J connectivity index is 2.09. The number of carboxylic acid groups (broad SMARTS) is 1. The Morgan fingerprint density at radius 1 is 1.14 bits per heavy atom. The summed E-state index contributed by atoms with van der Waals surface area (Å²) in [5.74, 6) is -1.94. The predicted molar refractivity (Wildman–Crippen MR) is 73.5 cm³/mol. The SMILES string of the molecule is Cc1cc(C(=O)O)ccc1N1C(=O)c2ccncc2C1=O. The fraction of sp³-hybridized carbons (Fsp3) is 0.0667. The second-order valence-electron chi connectivity index (χ2n) is 4.67. The summed E-state index contributed by atoms with van der Waals surface area (Å²) in [6, 6.07) is 5.76. The lowest BCUT2D eigenvalue weighted by Crippen LogP contribution is -2.30. The van der Waals surface area contributed by atoms with Gasteiger partial charge < -0.3 is 5.11 Å². The van der Waals surface area contributed by atoms with Gasteiger partial charge in [0.05, 0.1) is 22.4 Å². The molecule has 0 atom stereocenters. The molecule has 6 nitrogen and oxygen atoms in total. The average molecular weight is 282 g/mol. The summed E-state index contributed by atoms with van der Waals surface area (Å²) in [6.07, 6.45) is 2.81. The van der Waals surface area contributed by atoms with Gasteiger partial charge in [-0.15, -0.1) is 0 Å². The predicted octanol–water partition coefficient (Wildman–Crippen LogP) is 1.89. The fourth-order valence-corrected chi connectivity index (χ4v) is 2.34. The molecule has 0 saturated heterocycles. The minimum atomic E-state index is -1.06. The summed E-state index contributed by atoms with van der Waals surface area (Å²) < 4.78 is 0. The molecule has 0 saturated carbocycles.